The molecule has 1 aromatic rings. The monoisotopic (exact) mass is 380 g/mol. The van der Waals surface area contributed by atoms with Gasteiger partial charge in [0, 0.05) is 25.7 Å². The van der Waals surface area contributed by atoms with Gasteiger partial charge in [-0.2, -0.15) is 0 Å². The summed E-state index contributed by atoms with van der Waals surface area (Å²) in [6.07, 6.45) is 6.65. The lowest BCUT2D eigenvalue weighted by Crippen LogP contribution is -2.19. The van der Waals surface area contributed by atoms with Crippen LogP contribution in [0.3, 0.4) is 0 Å². The fourth-order valence-electron chi connectivity index (χ4n) is 2.15. The number of aryl methyl sites for hydroxylation is 1. The fourth-order valence-corrected chi connectivity index (χ4v) is 4.40. The zero-order valence-corrected chi connectivity index (χ0v) is 14.0. The molecule has 0 aromatic carbocycles. The number of hydrogen-bond donors (Lipinski definition) is 0. The van der Waals surface area contributed by atoms with Crippen LogP contribution < -0.4 is 0 Å². The van der Waals surface area contributed by atoms with Gasteiger partial charge in [-0.3, -0.25) is 0 Å². The molecule has 1 saturated heterocycles. The maximum atomic E-state index is 5.77. The Morgan fingerprint density at radius 1 is 1.53 bits per heavy atom. The van der Waals surface area contributed by atoms with Crippen LogP contribution in [-0.4, -0.2) is 12.7 Å². The molecule has 1 fully saturated rings. The molecule has 96 valence electrons. The van der Waals surface area contributed by atoms with E-state index in [1.807, 2.05) is 11.3 Å². The van der Waals surface area contributed by atoms with E-state index in [4.69, 9.17) is 4.74 Å². The molecule has 4 heteroatoms. The summed E-state index contributed by atoms with van der Waals surface area (Å²) < 4.78 is 7.00. The van der Waals surface area contributed by atoms with Gasteiger partial charge < -0.3 is 4.74 Å². The zero-order chi connectivity index (χ0) is 12.3. The number of ether oxygens (including phenoxy) is 1. The first-order chi connectivity index (χ1) is 8.16. The van der Waals surface area contributed by atoms with Crippen LogP contribution >= 0.6 is 43.2 Å². The van der Waals surface area contributed by atoms with E-state index < -0.39 is 0 Å². The molecule has 0 bridgehead atoms. The average molecular weight is 382 g/mol. The van der Waals surface area contributed by atoms with Gasteiger partial charge in [0.15, 0.2) is 0 Å². The summed E-state index contributed by atoms with van der Waals surface area (Å²) in [5.74, 6) is 0. The van der Waals surface area contributed by atoms with Gasteiger partial charge >= 0.3 is 0 Å². The fraction of sp³-hybridized carbons (Fsp3) is 0.692. The highest BCUT2D eigenvalue weighted by molar-refractivity contribution is 9.10. The molecule has 2 atom stereocenters. The molecular weight excluding hydrogens is 364 g/mol. The predicted octanol–water partition coefficient (Wildman–Crippen LogP) is 5.60. The lowest BCUT2D eigenvalue weighted by Gasteiger charge is -2.23. The van der Waals surface area contributed by atoms with Crippen LogP contribution in [0.5, 0.6) is 0 Å². The van der Waals surface area contributed by atoms with E-state index in [-0.39, 0.29) is 0 Å². The molecule has 1 nitrogen and oxygen atoms in total. The van der Waals surface area contributed by atoms with Crippen molar-refractivity contribution in [2.75, 3.05) is 6.61 Å². The molecule has 0 spiro atoms. The van der Waals surface area contributed by atoms with Gasteiger partial charge in [0.25, 0.3) is 0 Å². The maximum Gasteiger partial charge on any atom is 0.0575 e. The van der Waals surface area contributed by atoms with Crippen LogP contribution in [0.15, 0.2) is 10.5 Å². The number of halogens is 2. The van der Waals surface area contributed by atoms with Crippen molar-refractivity contribution in [2.45, 2.75) is 50.0 Å². The first-order valence-corrected chi connectivity index (χ1v) is 8.71. The van der Waals surface area contributed by atoms with Gasteiger partial charge in [0.05, 0.1) is 6.10 Å². The second-order valence-electron chi connectivity index (χ2n) is 4.59. The van der Waals surface area contributed by atoms with Crippen molar-refractivity contribution in [3.05, 3.63) is 20.3 Å². The topological polar surface area (TPSA) is 9.23 Å². The van der Waals surface area contributed by atoms with Gasteiger partial charge in [0.1, 0.15) is 0 Å². The second kappa shape index (κ2) is 6.69. The summed E-state index contributed by atoms with van der Waals surface area (Å²) in [4.78, 5) is 3.26. The van der Waals surface area contributed by atoms with Crippen LogP contribution in [0.25, 0.3) is 0 Å². The van der Waals surface area contributed by atoms with Gasteiger partial charge in [-0.25, -0.2) is 0 Å². The smallest absolute Gasteiger partial charge is 0.0575 e. The number of hydrogen-bond acceptors (Lipinski definition) is 2. The summed E-state index contributed by atoms with van der Waals surface area (Å²) in [5.41, 5.74) is 0. The molecule has 1 aromatic heterocycles. The van der Waals surface area contributed by atoms with Crippen molar-refractivity contribution in [1.82, 2.24) is 0 Å². The van der Waals surface area contributed by atoms with Gasteiger partial charge in [-0.1, -0.05) is 15.9 Å². The number of rotatable bonds is 4. The Balaban J connectivity index is 1.82. The highest BCUT2D eigenvalue weighted by Gasteiger charge is 2.17. The summed E-state index contributed by atoms with van der Waals surface area (Å²) in [6.45, 7) is 3.11. The highest BCUT2D eigenvalue weighted by atomic mass is 79.9. The number of alkyl halides is 1. The molecule has 0 radical (unpaired) electrons. The molecule has 17 heavy (non-hydrogen) atoms. The van der Waals surface area contributed by atoms with Crippen molar-refractivity contribution in [3.8, 4) is 0 Å². The quantitative estimate of drug-likeness (QED) is 0.616. The Labute approximate surface area is 124 Å². The van der Waals surface area contributed by atoms with Crippen molar-refractivity contribution in [1.29, 1.82) is 0 Å². The Kier molecular flexibility index (Phi) is 5.52. The third kappa shape index (κ3) is 4.05. The van der Waals surface area contributed by atoms with E-state index in [0.29, 0.717) is 10.9 Å². The van der Waals surface area contributed by atoms with E-state index >= 15 is 0 Å². The normalized spacial score (nSPS) is 22.6. The molecule has 0 aliphatic carbocycles. The molecular formula is C13H18Br2OS. The SMILES string of the molecule is Cc1sc(C(Br)CCC2CCCCO2)cc1Br. The summed E-state index contributed by atoms with van der Waals surface area (Å²) >= 11 is 9.25. The van der Waals surface area contributed by atoms with Crippen molar-refractivity contribution in [2.24, 2.45) is 0 Å². The maximum absolute atomic E-state index is 5.77. The lowest BCUT2D eigenvalue weighted by atomic mass is 10.0. The minimum absolute atomic E-state index is 0.475. The van der Waals surface area contributed by atoms with E-state index in [2.05, 4.69) is 44.8 Å². The summed E-state index contributed by atoms with van der Waals surface area (Å²) in [5, 5.41) is 0. The van der Waals surface area contributed by atoms with E-state index in [0.717, 1.165) is 13.0 Å². The first kappa shape index (κ1) is 14.0. The van der Waals surface area contributed by atoms with Crippen molar-refractivity contribution in [3.63, 3.8) is 0 Å². The Bertz CT molecular complexity index is 339. The average Bonchev–Trinajstić information content (AvgIpc) is 2.68. The molecule has 0 N–H and O–H groups in total. The van der Waals surface area contributed by atoms with Crippen LogP contribution in [0.4, 0.5) is 0 Å². The molecule has 0 saturated carbocycles. The van der Waals surface area contributed by atoms with Crippen LogP contribution in [0.1, 0.15) is 46.7 Å². The number of thiophene rings is 1. The van der Waals surface area contributed by atoms with Crippen molar-refractivity contribution < 1.29 is 4.74 Å². The minimum atomic E-state index is 0.475. The Morgan fingerprint density at radius 2 is 2.35 bits per heavy atom. The van der Waals surface area contributed by atoms with E-state index in [1.54, 1.807) is 0 Å². The third-order valence-electron chi connectivity index (χ3n) is 3.20. The third-order valence-corrected chi connectivity index (χ3v) is 6.71. The summed E-state index contributed by atoms with van der Waals surface area (Å²) in [6, 6.07) is 2.24. The highest BCUT2D eigenvalue weighted by Crippen LogP contribution is 2.37. The van der Waals surface area contributed by atoms with Crippen LogP contribution in [0.2, 0.25) is 0 Å². The second-order valence-corrected chi connectivity index (χ2v) is 7.83. The van der Waals surface area contributed by atoms with E-state index in [9.17, 15) is 0 Å². The van der Waals surface area contributed by atoms with E-state index in [1.165, 1.54) is 39.9 Å². The molecule has 2 heterocycles. The van der Waals surface area contributed by atoms with Gasteiger partial charge in [0.2, 0.25) is 0 Å². The van der Waals surface area contributed by atoms with Crippen molar-refractivity contribution >= 4 is 43.2 Å². The molecule has 0 amide bonds. The van der Waals surface area contributed by atoms with Crippen LogP contribution in [0, 0.1) is 6.92 Å². The first-order valence-electron chi connectivity index (χ1n) is 6.18. The minimum Gasteiger partial charge on any atom is -0.378 e. The van der Waals surface area contributed by atoms with Gasteiger partial charge in [-0.05, 0) is 61.0 Å². The largest absolute Gasteiger partial charge is 0.378 e. The Hall–Kier alpha value is 0.620. The van der Waals surface area contributed by atoms with Gasteiger partial charge in [-0.15, -0.1) is 11.3 Å². The van der Waals surface area contributed by atoms with Crippen LogP contribution in [-0.2, 0) is 4.74 Å². The summed E-state index contributed by atoms with van der Waals surface area (Å²) in [7, 11) is 0. The molecule has 1 aliphatic heterocycles. The molecule has 1 aliphatic rings. The molecule has 2 unspecified atom stereocenters. The lowest BCUT2D eigenvalue weighted by molar-refractivity contribution is 0.0102. The molecule has 2 rings (SSSR count). The predicted molar refractivity (Wildman–Crippen MR) is 81.2 cm³/mol. The Morgan fingerprint density at radius 3 is 2.94 bits per heavy atom. The zero-order valence-electron chi connectivity index (χ0n) is 10.0. The standard InChI is InChI=1S/C13H18Br2OS/c1-9-12(15)8-13(17-9)11(14)6-5-10-4-2-3-7-16-10/h8,10-11H,2-7H2,1H3.